The molecule has 0 unspecified atom stereocenters. The second-order valence-corrected chi connectivity index (χ2v) is 3.67. The van der Waals surface area contributed by atoms with Crippen molar-refractivity contribution in [3.05, 3.63) is 35.4 Å². The molecule has 0 saturated heterocycles. The molecule has 0 amide bonds. The fourth-order valence-electron chi connectivity index (χ4n) is 1.01. The van der Waals surface area contributed by atoms with E-state index in [2.05, 4.69) is 0 Å². The minimum atomic E-state index is -0.876. The summed E-state index contributed by atoms with van der Waals surface area (Å²) in [7, 11) is 0. The zero-order valence-electron chi connectivity index (χ0n) is 7.64. The molecule has 1 nitrogen and oxygen atoms in total. The van der Waals surface area contributed by atoms with Gasteiger partial charge in [0.25, 0.3) is 0 Å². The molecule has 0 spiro atoms. The Labute approximate surface area is 76.0 Å². The summed E-state index contributed by atoms with van der Waals surface area (Å²) in [6.45, 7) is 3.43. The molecule has 1 N–H and O–H groups in total. The molecule has 0 saturated carbocycles. The van der Waals surface area contributed by atoms with E-state index in [1.165, 1.54) is 6.07 Å². The molecule has 0 aromatic heterocycles. The molecule has 1 aromatic rings. The van der Waals surface area contributed by atoms with E-state index < -0.39 is 17.0 Å². The van der Waals surface area contributed by atoms with E-state index >= 15 is 0 Å². The van der Waals surface area contributed by atoms with Crippen LogP contribution in [0.2, 0.25) is 0 Å². The Hall–Kier alpha value is -0.960. The third-order valence-corrected chi connectivity index (χ3v) is 2.10. The summed E-state index contributed by atoms with van der Waals surface area (Å²) in [5.41, 5.74) is 0.0584. The molecule has 72 valence electrons. The van der Waals surface area contributed by atoms with Gasteiger partial charge in [-0.3, -0.25) is 0 Å². The number of rotatable bonds is 2. The quantitative estimate of drug-likeness (QED) is 0.751. The fourth-order valence-corrected chi connectivity index (χ4v) is 1.01. The molecule has 0 aliphatic carbocycles. The van der Waals surface area contributed by atoms with Gasteiger partial charge in [-0.05, 0) is 17.7 Å². The van der Waals surface area contributed by atoms with Crippen LogP contribution in [0, 0.1) is 11.6 Å². The molecular weight excluding hydrogens is 174 g/mol. The van der Waals surface area contributed by atoms with E-state index in [0.717, 1.165) is 12.1 Å². The van der Waals surface area contributed by atoms with Crippen LogP contribution in [0.25, 0.3) is 0 Å². The second-order valence-electron chi connectivity index (χ2n) is 3.67. The van der Waals surface area contributed by atoms with Crippen LogP contribution in [0.3, 0.4) is 0 Å². The Morgan fingerprint density at radius 1 is 1.23 bits per heavy atom. The van der Waals surface area contributed by atoms with Gasteiger partial charge in [0.2, 0.25) is 0 Å². The van der Waals surface area contributed by atoms with Gasteiger partial charge in [-0.1, -0.05) is 19.9 Å². The van der Waals surface area contributed by atoms with E-state index in [1.807, 2.05) is 0 Å². The van der Waals surface area contributed by atoms with Crippen LogP contribution in [0.5, 0.6) is 0 Å². The highest BCUT2D eigenvalue weighted by atomic mass is 19.2. The van der Waals surface area contributed by atoms with Crippen LogP contribution in [-0.2, 0) is 5.41 Å². The molecule has 0 atom stereocenters. The summed E-state index contributed by atoms with van der Waals surface area (Å²) in [6.07, 6.45) is 0. The number of aliphatic hydroxyl groups is 1. The first-order chi connectivity index (χ1) is 5.97. The predicted molar refractivity (Wildman–Crippen MR) is 46.5 cm³/mol. The first-order valence-electron chi connectivity index (χ1n) is 4.04. The molecule has 0 aliphatic rings. The van der Waals surface area contributed by atoms with Crippen molar-refractivity contribution in [2.24, 2.45) is 0 Å². The number of halogens is 2. The van der Waals surface area contributed by atoms with Crippen LogP contribution in [0.1, 0.15) is 19.4 Å². The second kappa shape index (κ2) is 3.42. The maximum atomic E-state index is 12.8. The summed E-state index contributed by atoms with van der Waals surface area (Å²) in [6, 6.07) is 3.67. The zero-order valence-corrected chi connectivity index (χ0v) is 7.64. The molecule has 0 bridgehead atoms. The summed E-state index contributed by atoms with van der Waals surface area (Å²) in [5, 5.41) is 8.99. The van der Waals surface area contributed by atoms with E-state index in [1.54, 1.807) is 13.8 Å². The number of hydrogen-bond donors (Lipinski definition) is 1. The lowest BCUT2D eigenvalue weighted by Gasteiger charge is -2.22. The van der Waals surface area contributed by atoms with Gasteiger partial charge in [0.15, 0.2) is 11.6 Å². The van der Waals surface area contributed by atoms with Crippen molar-refractivity contribution in [1.29, 1.82) is 0 Å². The molecule has 0 fully saturated rings. The third-order valence-electron chi connectivity index (χ3n) is 2.10. The van der Waals surface area contributed by atoms with Crippen LogP contribution in [0.15, 0.2) is 18.2 Å². The zero-order chi connectivity index (χ0) is 10.1. The number of hydrogen-bond acceptors (Lipinski definition) is 1. The first kappa shape index (κ1) is 10.1. The molecular formula is C10H12F2O. The lowest BCUT2D eigenvalue weighted by Crippen LogP contribution is -2.22. The topological polar surface area (TPSA) is 20.2 Å². The minimum absolute atomic E-state index is 0.0991. The molecule has 0 radical (unpaired) electrons. The van der Waals surface area contributed by atoms with Gasteiger partial charge in [-0.2, -0.15) is 0 Å². The van der Waals surface area contributed by atoms with Crippen molar-refractivity contribution < 1.29 is 13.9 Å². The lowest BCUT2D eigenvalue weighted by atomic mass is 9.86. The highest BCUT2D eigenvalue weighted by Crippen LogP contribution is 2.23. The maximum Gasteiger partial charge on any atom is 0.159 e. The van der Waals surface area contributed by atoms with E-state index in [0.29, 0.717) is 5.56 Å². The van der Waals surface area contributed by atoms with E-state index in [9.17, 15) is 8.78 Å². The Morgan fingerprint density at radius 3 is 2.31 bits per heavy atom. The molecule has 0 heterocycles. The number of benzene rings is 1. The van der Waals surface area contributed by atoms with Gasteiger partial charge in [-0.25, -0.2) is 8.78 Å². The van der Waals surface area contributed by atoms with Gasteiger partial charge in [0, 0.05) is 5.41 Å². The van der Waals surface area contributed by atoms with Gasteiger partial charge < -0.3 is 5.11 Å². The van der Waals surface area contributed by atoms with Crippen molar-refractivity contribution in [1.82, 2.24) is 0 Å². The normalized spacial score (nSPS) is 11.8. The average molecular weight is 186 g/mol. The summed E-state index contributed by atoms with van der Waals surface area (Å²) in [5.74, 6) is -1.74. The monoisotopic (exact) mass is 186 g/mol. The molecule has 13 heavy (non-hydrogen) atoms. The van der Waals surface area contributed by atoms with Crippen LogP contribution < -0.4 is 0 Å². The third kappa shape index (κ3) is 2.04. The molecule has 0 aliphatic heterocycles. The largest absolute Gasteiger partial charge is 0.395 e. The maximum absolute atomic E-state index is 12.8. The summed E-state index contributed by atoms with van der Waals surface area (Å²) in [4.78, 5) is 0. The van der Waals surface area contributed by atoms with Gasteiger partial charge in [0.05, 0.1) is 6.61 Å². The smallest absolute Gasteiger partial charge is 0.159 e. The van der Waals surface area contributed by atoms with E-state index in [-0.39, 0.29) is 6.61 Å². The standard InChI is InChI=1S/C10H12F2O/c1-10(2,6-13)7-3-4-8(11)9(12)5-7/h3-5,13H,6H2,1-2H3. The Kier molecular flexibility index (Phi) is 2.66. The SMILES string of the molecule is CC(C)(CO)c1ccc(F)c(F)c1. The summed E-state index contributed by atoms with van der Waals surface area (Å²) < 4.78 is 25.3. The minimum Gasteiger partial charge on any atom is -0.395 e. The van der Waals surface area contributed by atoms with Crippen molar-refractivity contribution in [3.8, 4) is 0 Å². The molecule has 3 heteroatoms. The Bertz CT molecular complexity index is 308. The van der Waals surface area contributed by atoms with Crippen molar-refractivity contribution >= 4 is 0 Å². The van der Waals surface area contributed by atoms with Gasteiger partial charge >= 0.3 is 0 Å². The number of aliphatic hydroxyl groups excluding tert-OH is 1. The van der Waals surface area contributed by atoms with E-state index in [4.69, 9.17) is 5.11 Å². The summed E-state index contributed by atoms with van der Waals surface area (Å²) >= 11 is 0. The van der Waals surface area contributed by atoms with Gasteiger partial charge in [-0.15, -0.1) is 0 Å². The van der Waals surface area contributed by atoms with Crippen LogP contribution >= 0.6 is 0 Å². The predicted octanol–water partition coefficient (Wildman–Crippen LogP) is 2.23. The average Bonchev–Trinajstić information content (AvgIpc) is 2.09. The molecule has 1 aromatic carbocycles. The highest BCUT2D eigenvalue weighted by Gasteiger charge is 2.20. The van der Waals surface area contributed by atoms with Crippen molar-refractivity contribution in [2.75, 3.05) is 6.61 Å². The lowest BCUT2D eigenvalue weighted by molar-refractivity contribution is 0.218. The van der Waals surface area contributed by atoms with Crippen molar-refractivity contribution in [3.63, 3.8) is 0 Å². The first-order valence-corrected chi connectivity index (χ1v) is 4.04. The fraction of sp³-hybridized carbons (Fsp3) is 0.400. The van der Waals surface area contributed by atoms with Crippen LogP contribution in [0.4, 0.5) is 8.78 Å². The molecule has 1 rings (SSSR count). The van der Waals surface area contributed by atoms with Crippen LogP contribution in [-0.4, -0.2) is 11.7 Å². The Balaban J connectivity index is 3.10. The van der Waals surface area contributed by atoms with Crippen molar-refractivity contribution in [2.45, 2.75) is 19.3 Å². The Morgan fingerprint density at radius 2 is 1.85 bits per heavy atom. The highest BCUT2D eigenvalue weighted by molar-refractivity contribution is 5.25. The van der Waals surface area contributed by atoms with Gasteiger partial charge in [0.1, 0.15) is 0 Å².